The Morgan fingerprint density at radius 2 is 2.38 bits per heavy atom. The lowest BCUT2D eigenvalue weighted by Gasteiger charge is -1.88. The van der Waals surface area contributed by atoms with Crippen molar-refractivity contribution in [1.29, 1.82) is 0 Å². The van der Waals surface area contributed by atoms with Gasteiger partial charge in [0.2, 0.25) is 0 Å². The predicted octanol–water partition coefficient (Wildman–Crippen LogP) is 1.30. The number of carbonyl (C=O) groups excluding carboxylic acids is 1. The molecule has 0 heterocycles. The van der Waals surface area contributed by atoms with E-state index in [0.29, 0.717) is 19.5 Å². The normalized spacial score (nSPS) is 9.62. The van der Waals surface area contributed by atoms with Gasteiger partial charge < -0.3 is 4.74 Å². The van der Waals surface area contributed by atoms with Crippen molar-refractivity contribution in [3.05, 3.63) is 11.6 Å². The Morgan fingerprint density at radius 3 is 2.88 bits per heavy atom. The number of carbonyl (C=O) groups is 1. The number of ether oxygens (including phenoxy) is 1. The van der Waals surface area contributed by atoms with E-state index in [4.69, 9.17) is 11.6 Å². The summed E-state index contributed by atoms with van der Waals surface area (Å²) in [5.41, 5.74) is 1.40. The Morgan fingerprint density at radius 1 is 1.62 bits per heavy atom. The molecule has 0 amide bonds. The molecule has 8 heavy (non-hydrogen) atoms. The SMILES string of the molecule is O=COCCC=CCl. The van der Waals surface area contributed by atoms with Crippen molar-refractivity contribution in [3.8, 4) is 0 Å². The molecule has 0 spiro atoms. The molecule has 0 N–H and O–H groups in total. The molecule has 0 bridgehead atoms. The largest absolute Gasteiger partial charge is 0.468 e. The Hall–Kier alpha value is -0.500. The van der Waals surface area contributed by atoms with Gasteiger partial charge in [0.25, 0.3) is 6.47 Å². The van der Waals surface area contributed by atoms with E-state index in [1.54, 1.807) is 6.08 Å². The van der Waals surface area contributed by atoms with Gasteiger partial charge >= 0.3 is 0 Å². The lowest BCUT2D eigenvalue weighted by atomic mass is 10.5. The summed E-state index contributed by atoms with van der Waals surface area (Å²) in [6.45, 7) is 0.828. The molecule has 0 aromatic rings. The van der Waals surface area contributed by atoms with Crippen molar-refractivity contribution < 1.29 is 9.53 Å². The van der Waals surface area contributed by atoms with E-state index in [2.05, 4.69) is 4.74 Å². The first-order valence-electron chi connectivity index (χ1n) is 2.22. The Labute approximate surface area is 53.1 Å². The maximum Gasteiger partial charge on any atom is 0.293 e. The van der Waals surface area contributed by atoms with Crippen LogP contribution < -0.4 is 0 Å². The van der Waals surface area contributed by atoms with Crippen LogP contribution in [-0.4, -0.2) is 13.1 Å². The molecule has 2 nitrogen and oxygen atoms in total. The van der Waals surface area contributed by atoms with Gasteiger partial charge in [0.15, 0.2) is 0 Å². The molecule has 0 unspecified atom stereocenters. The smallest absolute Gasteiger partial charge is 0.293 e. The molecule has 0 aromatic heterocycles. The van der Waals surface area contributed by atoms with Crippen molar-refractivity contribution in [2.45, 2.75) is 6.42 Å². The van der Waals surface area contributed by atoms with Crippen LogP contribution in [-0.2, 0) is 9.53 Å². The molecule has 0 saturated heterocycles. The molecule has 0 saturated carbocycles. The van der Waals surface area contributed by atoms with Crippen LogP contribution >= 0.6 is 11.6 Å². The minimum Gasteiger partial charge on any atom is -0.468 e. The molecule has 0 aromatic carbocycles. The summed E-state index contributed by atoms with van der Waals surface area (Å²) in [5.74, 6) is 0. The quantitative estimate of drug-likeness (QED) is 0.428. The van der Waals surface area contributed by atoms with Gasteiger partial charge in [-0.2, -0.15) is 0 Å². The summed E-state index contributed by atoms with van der Waals surface area (Å²) >= 11 is 5.16. The molecule has 46 valence electrons. The third kappa shape index (κ3) is 5.50. The van der Waals surface area contributed by atoms with Gasteiger partial charge in [0.1, 0.15) is 0 Å². The molecule has 0 aliphatic rings. The average Bonchev–Trinajstić information content (AvgIpc) is 1.81. The number of hydrogen-bond donors (Lipinski definition) is 0. The van der Waals surface area contributed by atoms with Crippen molar-refractivity contribution in [3.63, 3.8) is 0 Å². The van der Waals surface area contributed by atoms with Crippen molar-refractivity contribution in [1.82, 2.24) is 0 Å². The van der Waals surface area contributed by atoms with E-state index >= 15 is 0 Å². The van der Waals surface area contributed by atoms with Crippen LogP contribution in [0.25, 0.3) is 0 Å². The lowest BCUT2D eigenvalue weighted by Crippen LogP contribution is -1.87. The van der Waals surface area contributed by atoms with Gasteiger partial charge in [-0.15, -0.1) is 0 Å². The fourth-order valence-electron chi connectivity index (χ4n) is 0.247. The topological polar surface area (TPSA) is 26.3 Å². The van der Waals surface area contributed by atoms with E-state index in [9.17, 15) is 4.79 Å². The van der Waals surface area contributed by atoms with Crippen molar-refractivity contribution in [2.24, 2.45) is 0 Å². The van der Waals surface area contributed by atoms with Crippen LogP contribution in [0.15, 0.2) is 11.6 Å². The van der Waals surface area contributed by atoms with E-state index in [-0.39, 0.29) is 0 Å². The Balaban J connectivity index is 2.82. The van der Waals surface area contributed by atoms with Crippen LogP contribution in [0, 0.1) is 0 Å². The highest BCUT2D eigenvalue weighted by atomic mass is 35.5. The van der Waals surface area contributed by atoms with E-state index in [1.165, 1.54) is 5.54 Å². The standard InChI is InChI=1S/C5H7ClO2/c6-3-1-2-4-8-5-7/h1,3,5H,2,4H2. The monoisotopic (exact) mass is 134 g/mol. The first-order chi connectivity index (χ1) is 3.91. The van der Waals surface area contributed by atoms with E-state index in [0.717, 1.165) is 0 Å². The van der Waals surface area contributed by atoms with Crippen molar-refractivity contribution >= 4 is 18.1 Å². The first-order valence-corrected chi connectivity index (χ1v) is 2.66. The second-order valence-corrected chi connectivity index (χ2v) is 1.37. The van der Waals surface area contributed by atoms with Gasteiger partial charge in [0, 0.05) is 12.0 Å². The van der Waals surface area contributed by atoms with Gasteiger partial charge in [-0.25, -0.2) is 0 Å². The molecular weight excluding hydrogens is 128 g/mol. The fourth-order valence-corrected chi connectivity index (χ4v) is 0.373. The van der Waals surface area contributed by atoms with E-state index in [1.807, 2.05) is 0 Å². The molecule has 0 fully saturated rings. The minimum atomic E-state index is 0.409. The summed E-state index contributed by atoms with van der Waals surface area (Å²) in [5, 5.41) is 0. The van der Waals surface area contributed by atoms with Crippen LogP contribution in [0.3, 0.4) is 0 Å². The summed E-state index contributed by atoms with van der Waals surface area (Å²) in [6, 6.07) is 0. The number of hydrogen-bond acceptors (Lipinski definition) is 2. The maximum absolute atomic E-state index is 9.49. The second-order valence-electron chi connectivity index (χ2n) is 1.12. The third-order valence-corrected chi connectivity index (χ3v) is 0.738. The van der Waals surface area contributed by atoms with Gasteiger partial charge in [0.05, 0.1) is 6.61 Å². The molecule has 0 radical (unpaired) electrons. The molecule has 0 aliphatic carbocycles. The third-order valence-electron chi connectivity index (χ3n) is 0.559. The Bertz CT molecular complexity index is 80.5. The van der Waals surface area contributed by atoms with E-state index < -0.39 is 0 Å². The average molecular weight is 135 g/mol. The maximum atomic E-state index is 9.49. The van der Waals surface area contributed by atoms with Gasteiger partial charge in [-0.3, -0.25) is 4.79 Å². The highest BCUT2D eigenvalue weighted by Gasteiger charge is 1.76. The highest BCUT2D eigenvalue weighted by molar-refractivity contribution is 6.25. The minimum absolute atomic E-state index is 0.409. The zero-order valence-corrected chi connectivity index (χ0v) is 5.10. The Kier molecular flexibility index (Phi) is 6.09. The molecule has 3 heteroatoms. The molecule has 0 aliphatic heterocycles. The van der Waals surface area contributed by atoms with Crippen molar-refractivity contribution in [2.75, 3.05) is 6.61 Å². The predicted molar refractivity (Wildman–Crippen MR) is 31.6 cm³/mol. The van der Waals surface area contributed by atoms with Crippen LogP contribution in [0.1, 0.15) is 6.42 Å². The zero-order valence-electron chi connectivity index (χ0n) is 4.34. The van der Waals surface area contributed by atoms with Crippen LogP contribution in [0.5, 0.6) is 0 Å². The zero-order chi connectivity index (χ0) is 6.24. The van der Waals surface area contributed by atoms with Gasteiger partial charge in [-0.05, 0) is 0 Å². The highest BCUT2D eigenvalue weighted by Crippen LogP contribution is 1.84. The summed E-state index contributed by atoms with van der Waals surface area (Å²) in [4.78, 5) is 9.49. The van der Waals surface area contributed by atoms with Gasteiger partial charge in [-0.1, -0.05) is 17.7 Å². The molecular formula is C5H7ClO2. The number of rotatable bonds is 4. The van der Waals surface area contributed by atoms with Crippen LogP contribution in [0.4, 0.5) is 0 Å². The molecule has 0 rings (SSSR count). The molecule has 0 atom stereocenters. The summed E-state index contributed by atoms with van der Waals surface area (Å²) in [6.07, 6.45) is 2.40. The second kappa shape index (κ2) is 6.50. The summed E-state index contributed by atoms with van der Waals surface area (Å²) < 4.78 is 4.35. The number of halogens is 1. The fraction of sp³-hybridized carbons (Fsp3) is 0.400. The summed E-state index contributed by atoms with van der Waals surface area (Å²) in [7, 11) is 0. The van der Waals surface area contributed by atoms with Crippen LogP contribution in [0.2, 0.25) is 0 Å². The first kappa shape index (κ1) is 7.50. The lowest BCUT2D eigenvalue weighted by molar-refractivity contribution is -0.128.